The van der Waals surface area contributed by atoms with E-state index in [0.717, 1.165) is 31.9 Å². The van der Waals surface area contributed by atoms with E-state index in [2.05, 4.69) is 23.6 Å². The fourth-order valence-corrected chi connectivity index (χ4v) is 2.52. The van der Waals surface area contributed by atoms with E-state index in [1.807, 2.05) is 12.1 Å². The minimum absolute atomic E-state index is 0.406. The molecule has 0 radical (unpaired) electrons. The summed E-state index contributed by atoms with van der Waals surface area (Å²) in [5.41, 5.74) is 13.2. The molecule has 0 aliphatic carbocycles. The van der Waals surface area contributed by atoms with Crippen LogP contribution in [0.3, 0.4) is 0 Å². The number of rotatable bonds is 3. The third-order valence-corrected chi connectivity index (χ3v) is 3.73. The molecule has 5 heteroatoms. The van der Waals surface area contributed by atoms with Gasteiger partial charge in [0.2, 0.25) is 0 Å². The number of anilines is 2. The highest BCUT2D eigenvalue weighted by Crippen LogP contribution is 2.27. The summed E-state index contributed by atoms with van der Waals surface area (Å²) in [4.78, 5) is 16.0. The van der Waals surface area contributed by atoms with Gasteiger partial charge >= 0.3 is 0 Å². The van der Waals surface area contributed by atoms with Crippen LogP contribution < -0.4 is 16.4 Å². The first-order valence-electron chi connectivity index (χ1n) is 6.68. The second-order valence-electron chi connectivity index (χ2n) is 5.22. The maximum atomic E-state index is 11.3. The molecule has 0 atom stereocenters. The van der Waals surface area contributed by atoms with Crippen molar-refractivity contribution in [1.82, 2.24) is 4.90 Å². The van der Waals surface area contributed by atoms with Crippen molar-refractivity contribution in [2.45, 2.75) is 19.9 Å². The van der Waals surface area contributed by atoms with E-state index < -0.39 is 5.91 Å². The van der Waals surface area contributed by atoms with Gasteiger partial charge in [-0.15, -0.1) is 0 Å². The lowest BCUT2D eigenvalue weighted by molar-refractivity contribution is 0.100. The average Bonchev–Trinajstić information content (AvgIpc) is 2.38. The van der Waals surface area contributed by atoms with Crippen LogP contribution >= 0.6 is 0 Å². The number of amides is 1. The average molecular weight is 262 g/mol. The summed E-state index contributed by atoms with van der Waals surface area (Å²) in [6.45, 7) is 8.28. The van der Waals surface area contributed by atoms with Gasteiger partial charge in [-0.3, -0.25) is 9.69 Å². The zero-order chi connectivity index (χ0) is 14.0. The van der Waals surface area contributed by atoms with Crippen molar-refractivity contribution in [2.24, 2.45) is 5.73 Å². The Bertz CT molecular complexity index is 465. The summed E-state index contributed by atoms with van der Waals surface area (Å²) in [5, 5.41) is 0. The SMILES string of the molecule is CC(C)N1CCN(c2cccc(C(N)=O)c2N)CC1. The van der Waals surface area contributed by atoms with Crippen LogP contribution in [0.15, 0.2) is 18.2 Å². The van der Waals surface area contributed by atoms with Crippen molar-refractivity contribution in [3.8, 4) is 0 Å². The van der Waals surface area contributed by atoms with E-state index in [4.69, 9.17) is 11.5 Å². The van der Waals surface area contributed by atoms with Gasteiger partial charge in [-0.2, -0.15) is 0 Å². The number of piperazine rings is 1. The van der Waals surface area contributed by atoms with E-state index in [0.29, 0.717) is 17.3 Å². The standard InChI is InChI=1S/C14H22N4O/c1-10(2)17-6-8-18(9-7-17)12-5-3-4-11(13(12)15)14(16)19/h3-5,10H,6-9,15H2,1-2H3,(H2,16,19). The van der Waals surface area contributed by atoms with Gasteiger partial charge in [-0.25, -0.2) is 0 Å². The molecule has 1 aromatic carbocycles. The van der Waals surface area contributed by atoms with Crippen LogP contribution in [0.25, 0.3) is 0 Å². The molecule has 5 nitrogen and oxygen atoms in total. The number of hydrogen-bond donors (Lipinski definition) is 2. The Morgan fingerprint density at radius 1 is 1.21 bits per heavy atom. The first kappa shape index (κ1) is 13.7. The number of primary amides is 1. The molecule has 4 N–H and O–H groups in total. The Morgan fingerprint density at radius 2 is 1.84 bits per heavy atom. The van der Waals surface area contributed by atoms with Crippen molar-refractivity contribution < 1.29 is 4.79 Å². The summed E-state index contributed by atoms with van der Waals surface area (Å²) in [5.74, 6) is -0.472. The molecule has 0 bridgehead atoms. The first-order valence-corrected chi connectivity index (χ1v) is 6.68. The molecule has 1 fully saturated rings. The monoisotopic (exact) mass is 262 g/mol. The number of nitrogens with zero attached hydrogens (tertiary/aromatic N) is 2. The van der Waals surface area contributed by atoms with Crippen LogP contribution in [0.4, 0.5) is 11.4 Å². The molecular weight excluding hydrogens is 240 g/mol. The van der Waals surface area contributed by atoms with Crippen molar-refractivity contribution in [1.29, 1.82) is 0 Å². The highest BCUT2D eigenvalue weighted by atomic mass is 16.1. The lowest BCUT2D eigenvalue weighted by Crippen LogP contribution is -2.49. The molecule has 0 saturated carbocycles. The third-order valence-electron chi connectivity index (χ3n) is 3.73. The van der Waals surface area contributed by atoms with Gasteiger partial charge in [0.05, 0.1) is 16.9 Å². The molecule has 1 saturated heterocycles. The summed E-state index contributed by atoms with van der Waals surface area (Å²) in [7, 11) is 0. The van der Waals surface area contributed by atoms with Gasteiger partial charge in [0.25, 0.3) is 5.91 Å². The lowest BCUT2D eigenvalue weighted by atomic mass is 10.1. The molecule has 0 unspecified atom stereocenters. The van der Waals surface area contributed by atoms with E-state index in [-0.39, 0.29) is 0 Å². The van der Waals surface area contributed by atoms with E-state index in [1.54, 1.807) is 6.07 Å². The molecule has 19 heavy (non-hydrogen) atoms. The normalized spacial score (nSPS) is 16.9. The van der Waals surface area contributed by atoms with Crippen molar-refractivity contribution in [2.75, 3.05) is 36.8 Å². The van der Waals surface area contributed by atoms with Crippen LogP contribution in [-0.2, 0) is 0 Å². The quantitative estimate of drug-likeness (QED) is 0.794. The second-order valence-corrected chi connectivity index (χ2v) is 5.22. The number of carbonyl (C=O) groups is 1. The minimum atomic E-state index is -0.472. The Kier molecular flexibility index (Phi) is 3.95. The van der Waals surface area contributed by atoms with Crippen molar-refractivity contribution in [3.05, 3.63) is 23.8 Å². The van der Waals surface area contributed by atoms with Gasteiger partial charge in [0, 0.05) is 32.2 Å². The highest BCUT2D eigenvalue weighted by molar-refractivity contribution is 6.00. The lowest BCUT2D eigenvalue weighted by Gasteiger charge is -2.38. The fourth-order valence-electron chi connectivity index (χ4n) is 2.52. The molecule has 2 rings (SSSR count). The fraction of sp³-hybridized carbons (Fsp3) is 0.500. The largest absolute Gasteiger partial charge is 0.396 e. The van der Waals surface area contributed by atoms with Crippen molar-refractivity contribution in [3.63, 3.8) is 0 Å². The molecule has 1 aliphatic heterocycles. The highest BCUT2D eigenvalue weighted by Gasteiger charge is 2.21. The number of benzene rings is 1. The molecule has 1 aromatic rings. The molecule has 1 heterocycles. The molecule has 0 spiro atoms. The predicted molar refractivity (Wildman–Crippen MR) is 78.3 cm³/mol. The van der Waals surface area contributed by atoms with Gasteiger partial charge in [-0.1, -0.05) is 6.07 Å². The van der Waals surface area contributed by atoms with Crippen molar-refractivity contribution >= 4 is 17.3 Å². The molecular formula is C14H22N4O. The number of hydrogen-bond acceptors (Lipinski definition) is 4. The number of nitrogens with two attached hydrogens (primary N) is 2. The Labute approximate surface area is 114 Å². The molecule has 1 amide bonds. The zero-order valence-corrected chi connectivity index (χ0v) is 11.6. The van der Waals surface area contributed by atoms with Gasteiger partial charge in [0.15, 0.2) is 0 Å². The maximum absolute atomic E-state index is 11.3. The predicted octanol–water partition coefficient (Wildman–Crippen LogP) is 0.898. The number of para-hydroxylation sites is 1. The van der Waals surface area contributed by atoms with Gasteiger partial charge in [-0.05, 0) is 26.0 Å². The van der Waals surface area contributed by atoms with E-state index >= 15 is 0 Å². The third kappa shape index (κ3) is 2.81. The second kappa shape index (κ2) is 5.48. The van der Waals surface area contributed by atoms with Crippen LogP contribution in [0.1, 0.15) is 24.2 Å². The minimum Gasteiger partial charge on any atom is -0.396 e. The van der Waals surface area contributed by atoms with E-state index in [9.17, 15) is 4.79 Å². The Balaban J connectivity index is 2.16. The maximum Gasteiger partial charge on any atom is 0.250 e. The van der Waals surface area contributed by atoms with Gasteiger partial charge in [0.1, 0.15) is 0 Å². The van der Waals surface area contributed by atoms with E-state index in [1.165, 1.54) is 0 Å². The number of carbonyl (C=O) groups excluding carboxylic acids is 1. The zero-order valence-electron chi connectivity index (χ0n) is 11.6. The Morgan fingerprint density at radius 3 is 2.37 bits per heavy atom. The van der Waals surface area contributed by atoms with Gasteiger partial charge < -0.3 is 16.4 Å². The first-order chi connectivity index (χ1) is 9.00. The molecule has 1 aliphatic rings. The van der Waals surface area contributed by atoms with Crippen LogP contribution in [-0.4, -0.2) is 43.0 Å². The Hall–Kier alpha value is -1.75. The van der Waals surface area contributed by atoms with Crippen LogP contribution in [0, 0.1) is 0 Å². The summed E-state index contributed by atoms with van der Waals surface area (Å²) in [6, 6.07) is 6.02. The smallest absolute Gasteiger partial charge is 0.250 e. The number of nitrogen functional groups attached to an aromatic ring is 1. The topological polar surface area (TPSA) is 75.6 Å². The molecule has 104 valence electrons. The summed E-state index contributed by atoms with van der Waals surface area (Å²) in [6.07, 6.45) is 0. The molecule has 0 aromatic heterocycles. The summed E-state index contributed by atoms with van der Waals surface area (Å²) < 4.78 is 0. The summed E-state index contributed by atoms with van der Waals surface area (Å²) >= 11 is 0. The van der Waals surface area contributed by atoms with Crippen LogP contribution in [0.2, 0.25) is 0 Å². The van der Waals surface area contributed by atoms with Crippen LogP contribution in [0.5, 0.6) is 0 Å².